The van der Waals surface area contributed by atoms with E-state index in [2.05, 4.69) is 5.32 Å². The summed E-state index contributed by atoms with van der Waals surface area (Å²) >= 11 is 1.37. The van der Waals surface area contributed by atoms with Crippen LogP contribution in [0.1, 0.15) is 68.2 Å². The van der Waals surface area contributed by atoms with Crippen LogP contribution in [0.3, 0.4) is 0 Å². The Labute approximate surface area is 184 Å². The molecule has 0 unspecified atom stereocenters. The summed E-state index contributed by atoms with van der Waals surface area (Å²) in [6.07, 6.45) is 2.90. The van der Waals surface area contributed by atoms with Gasteiger partial charge >= 0.3 is 5.97 Å². The third-order valence-electron chi connectivity index (χ3n) is 5.68. The van der Waals surface area contributed by atoms with Gasteiger partial charge in [-0.1, -0.05) is 26.0 Å². The number of hydrogen-bond acceptors (Lipinski definition) is 6. The standard InChI is InChI=1S/C23H24N2O5S/c1-12(2)11-16(25-21(27)13-7-4-5-8-14(13)22(25)28)19(26)24-20-18(23(29)30-3)15-9-6-10-17(15)31-20/h4-5,7-8,12,16H,6,9-11H2,1-3H3,(H,24,26)/t16-/m1/s1. The van der Waals surface area contributed by atoms with Gasteiger partial charge in [0.25, 0.3) is 11.8 Å². The molecule has 4 rings (SSSR count). The summed E-state index contributed by atoms with van der Waals surface area (Å²) in [5.41, 5.74) is 1.92. The Morgan fingerprint density at radius 2 is 1.77 bits per heavy atom. The van der Waals surface area contributed by atoms with E-state index in [1.165, 1.54) is 18.4 Å². The van der Waals surface area contributed by atoms with Crippen LogP contribution in [-0.2, 0) is 22.4 Å². The van der Waals surface area contributed by atoms with Gasteiger partial charge in [0.05, 0.1) is 23.8 Å². The van der Waals surface area contributed by atoms with Gasteiger partial charge in [-0.25, -0.2) is 4.79 Å². The molecule has 2 heterocycles. The molecule has 0 fully saturated rings. The monoisotopic (exact) mass is 440 g/mol. The van der Waals surface area contributed by atoms with E-state index in [1.807, 2.05) is 13.8 Å². The van der Waals surface area contributed by atoms with Gasteiger partial charge in [-0.2, -0.15) is 0 Å². The van der Waals surface area contributed by atoms with Crippen LogP contribution in [0.15, 0.2) is 24.3 Å². The number of carbonyl (C=O) groups excluding carboxylic acids is 4. The number of esters is 1. The number of fused-ring (bicyclic) bond motifs is 2. The molecule has 0 saturated carbocycles. The number of anilines is 1. The minimum atomic E-state index is -0.977. The van der Waals surface area contributed by atoms with Crippen LogP contribution in [0.4, 0.5) is 5.00 Å². The summed E-state index contributed by atoms with van der Waals surface area (Å²) in [6, 6.07) is 5.61. The first kappa shape index (κ1) is 21.2. The summed E-state index contributed by atoms with van der Waals surface area (Å²) < 4.78 is 4.94. The first-order chi connectivity index (χ1) is 14.8. The molecule has 0 saturated heterocycles. The van der Waals surface area contributed by atoms with Gasteiger partial charge in [0, 0.05) is 4.88 Å². The van der Waals surface area contributed by atoms with Gasteiger partial charge in [0.2, 0.25) is 5.91 Å². The van der Waals surface area contributed by atoms with E-state index < -0.39 is 29.7 Å². The highest BCUT2D eigenvalue weighted by atomic mass is 32.1. The number of nitrogens with zero attached hydrogens (tertiary/aromatic N) is 1. The van der Waals surface area contributed by atoms with Gasteiger partial charge in [-0.15, -0.1) is 11.3 Å². The Morgan fingerprint density at radius 1 is 1.13 bits per heavy atom. The molecule has 7 nitrogen and oxygen atoms in total. The normalized spacial score (nSPS) is 15.8. The zero-order valence-corrected chi connectivity index (χ0v) is 18.5. The van der Waals surface area contributed by atoms with E-state index in [1.54, 1.807) is 24.3 Å². The number of thiophene rings is 1. The molecular weight excluding hydrogens is 416 g/mol. The molecule has 2 aliphatic rings. The van der Waals surface area contributed by atoms with Gasteiger partial charge < -0.3 is 10.1 Å². The fourth-order valence-corrected chi connectivity index (χ4v) is 5.55. The number of rotatable bonds is 6. The molecule has 31 heavy (non-hydrogen) atoms. The molecule has 1 aliphatic carbocycles. The van der Waals surface area contributed by atoms with E-state index in [9.17, 15) is 19.2 Å². The second-order valence-corrected chi connectivity index (χ2v) is 9.32. The van der Waals surface area contributed by atoms with Crippen molar-refractivity contribution in [2.24, 2.45) is 5.92 Å². The number of nitrogens with one attached hydrogen (secondary N) is 1. The van der Waals surface area contributed by atoms with Gasteiger partial charge in [0.15, 0.2) is 0 Å². The van der Waals surface area contributed by atoms with E-state index in [4.69, 9.17) is 4.74 Å². The third-order valence-corrected chi connectivity index (χ3v) is 6.89. The van der Waals surface area contributed by atoms with Crippen molar-refractivity contribution >= 4 is 40.0 Å². The summed E-state index contributed by atoms with van der Waals surface area (Å²) in [4.78, 5) is 53.8. The molecule has 8 heteroatoms. The number of benzene rings is 1. The summed E-state index contributed by atoms with van der Waals surface area (Å²) in [6.45, 7) is 3.86. The third kappa shape index (κ3) is 3.65. The molecule has 2 aromatic rings. The lowest BCUT2D eigenvalue weighted by Gasteiger charge is -2.26. The molecular formula is C23H24N2O5S. The van der Waals surface area contributed by atoms with Crippen molar-refractivity contribution in [2.75, 3.05) is 12.4 Å². The summed E-state index contributed by atoms with van der Waals surface area (Å²) in [5.74, 6) is -1.84. The quantitative estimate of drug-likeness (QED) is 0.546. The van der Waals surface area contributed by atoms with Crippen molar-refractivity contribution in [2.45, 2.75) is 45.6 Å². The first-order valence-corrected chi connectivity index (χ1v) is 11.2. The highest BCUT2D eigenvalue weighted by Crippen LogP contribution is 2.40. The maximum atomic E-state index is 13.4. The summed E-state index contributed by atoms with van der Waals surface area (Å²) in [7, 11) is 1.31. The number of ether oxygens (including phenoxy) is 1. The zero-order valence-electron chi connectivity index (χ0n) is 17.7. The number of hydrogen-bond donors (Lipinski definition) is 1. The molecule has 1 aliphatic heterocycles. The second kappa shape index (κ2) is 8.26. The number of aryl methyl sites for hydroxylation is 1. The van der Waals surface area contributed by atoms with E-state index in [-0.39, 0.29) is 5.92 Å². The van der Waals surface area contributed by atoms with E-state index >= 15 is 0 Å². The number of methoxy groups -OCH3 is 1. The average Bonchev–Trinajstić information content (AvgIpc) is 3.39. The lowest BCUT2D eigenvalue weighted by Crippen LogP contribution is -2.48. The predicted octanol–water partition coefficient (Wildman–Crippen LogP) is 3.67. The Bertz CT molecular complexity index is 1050. The van der Waals surface area contributed by atoms with Crippen LogP contribution in [0.2, 0.25) is 0 Å². The number of imide groups is 1. The van der Waals surface area contributed by atoms with E-state index in [0.29, 0.717) is 28.1 Å². The van der Waals surface area contributed by atoms with Crippen LogP contribution in [-0.4, -0.2) is 41.7 Å². The maximum absolute atomic E-state index is 13.4. The Morgan fingerprint density at radius 3 is 2.35 bits per heavy atom. The molecule has 1 atom stereocenters. The van der Waals surface area contributed by atoms with Crippen LogP contribution in [0.25, 0.3) is 0 Å². The lowest BCUT2D eigenvalue weighted by molar-refractivity contribution is -0.120. The molecule has 1 N–H and O–H groups in total. The average molecular weight is 441 g/mol. The molecule has 1 aromatic heterocycles. The predicted molar refractivity (Wildman–Crippen MR) is 116 cm³/mol. The fraction of sp³-hybridized carbons (Fsp3) is 0.391. The Balaban J connectivity index is 1.67. The summed E-state index contributed by atoms with van der Waals surface area (Å²) in [5, 5.41) is 3.26. The molecule has 0 radical (unpaired) electrons. The highest BCUT2D eigenvalue weighted by molar-refractivity contribution is 7.17. The van der Waals surface area contributed by atoms with Crippen LogP contribution < -0.4 is 5.32 Å². The molecule has 0 spiro atoms. The zero-order chi connectivity index (χ0) is 22.3. The number of carbonyl (C=O) groups is 4. The van der Waals surface area contributed by atoms with Crippen molar-refractivity contribution in [3.63, 3.8) is 0 Å². The van der Waals surface area contributed by atoms with Crippen molar-refractivity contribution in [3.05, 3.63) is 51.4 Å². The van der Waals surface area contributed by atoms with Crippen molar-refractivity contribution in [3.8, 4) is 0 Å². The van der Waals surface area contributed by atoms with Gasteiger partial charge in [-0.05, 0) is 49.3 Å². The molecule has 3 amide bonds. The minimum Gasteiger partial charge on any atom is -0.465 e. The molecule has 0 bridgehead atoms. The SMILES string of the molecule is COC(=O)c1c(NC(=O)[C@@H](CC(C)C)N2C(=O)c3ccccc3C2=O)sc2c1CCC2. The van der Waals surface area contributed by atoms with Crippen LogP contribution in [0, 0.1) is 5.92 Å². The number of amides is 3. The van der Waals surface area contributed by atoms with Crippen molar-refractivity contribution in [1.82, 2.24) is 4.90 Å². The highest BCUT2D eigenvalue weighted by Gasteiger charge is 2.43. The molecule has 162 valence electrons. The largest absolute Gasteiger partial charge is 0.465 e. The van der Waals surface area contributed by atoms with Crippen LogP contribution in [0.5, 0.6) is 0 Å². The minimum absolute atomic E-state index is 0.0634. The Hall–Kier alpha value is -3.00. The first-order valence-electron chi connectivity index (χ1n) is 10.3. The molecule has 1 aromatic carbocycles. The topological polar surface area (TPSA) is 92.8 Å². The smallest absolute Gasteiger partial charge is 0.341 e. The maximum Gasteiger partial charge on any atom is 0.341 e. The Kier molecular flexibility index (Phi) is 5.66. The van der Waals surface area contributed by atoms with Gasteiger partial charge in [0.1, 0.15) is 11.0 Å². The van der Waals surface area contributed by atoms with Crippen LogP contribution >= 0.6 is 11.3 Å². The fourth-order valence-electron chi connectivity index (χ4n) is 4.27. The van der Waals surface area contributed by atoms with E-state index in [0.717, 1.165) is 34.6 Å². The lowest BCUT2D eigenvalue weighted by atomic mass is 10.0. The second-order valence-electron chi connectivity index (χ2n) is 8.21. The van der Waals surface area contributed by atoms with Crippen molar-refractivity contribution in [1.29, 1.82) is 0 Å². The van der Waals surface area contributed by atoms with Gasteiger partial charge in [-0.3, -0.25) is 19.3 Å². The van der Waals surface area contributed by atoms with Crippen molar-refractivity contribution < 1.29 is 23.9 Å².